The number of anilines is 2. The number of benzene rings is 2. The van der Waals surface area contributed by atoms with Crippen LogP contribution in [0.2, 0.25) is 0 Å². The van der Waals surface area contributed by atoms with E-state index in [1.807, 2.05) is 73.1 Å². The average molecular weight is 437 g/mol. The number of hydrogen-bond donors (Lipinski definition) is 1. The first-order valence-corrected chi connectivity index (χ1v) is 10.7. The summed E-state index contributed by atoms with van der Waals surface area (Å²) in [6.45, 7) is 1.88. The van der Waals surface area contributed by atoms with Gasteiger partial charge >= 0.3 is 0 Å². The maximum absolute atomic E-state index is 6.14. The number of ether oxygens (including phenoxy) is 1. The third-order valence-electron chi connectivity index (χ3n) is 5.44. The Labute approximate surface area is 193 Å². The van der Waals surface area contributed by atoms with E-state index in [0.29, 0.717) is 13.3 Å². The number of rotatable bonds is 6. The lowest BCUT2D eigenvalue weighted by Gasteiger charge is -2.27. The Bertz CT molecular complexity index is 1300. The molecule has 164 valence electrons. The molecule has 0 spiro atoms. The second-order valence-corrected chi connectivity index (χ2v) is 7.89. The molecule has 5 rings (SSSR count). The predicted molar refractivity (Wildman–Crippen MR) is 132 cm³/mol. The third kappa shape index (κ3) is 4.60. The normalized spacial score (nSPS) is 14.2. The molecule has 2 aromatic carbocycles. The molecule has 2 aliphatic rings. The van der Waals surface area contributed by atoms with Crippen LogP contribution >= 0.6 is 0 Å². The van der Waals surface area contributed by atoms with Gasteiger partial charge in [0.2, 0.25) is 0 Å². The van der Waals surface area contributed by atoms with E-state index in [2.05, 4.69) is 38.5 Å². The Hall–Kier alpha value is -4.44. The quantitative estimate of drug-likeness (QED) is 0.588. The highest BCUT2D eigenvalue weighted by Crippen LogP contribution is 2.31. The van der Waals surface area contributed by atoms with Gasteiger partial charge in [-0.05, 0) is 42.0 Å². The number of terminal acetylenes is 1. The number of allylic oxidation sites excluding steroid dienone is 2. The summed E-state index contributed by atoms with van der Waals surface area (Å²) in [5.41, 5.74) is 9.29. The van der Waals surface area contributed by atoms with Crippen molar-refractivity contribution in [1.29, 1.82) is 0 Å². The molecule has 1 aromatic heterocycles. The van der Waals surface area contributed by atoms with Crippen LogP contribution in [-0.2, 0) is 13.6 Å². The Morgan fingerprint density at radius 2 is 2.09 bits per heavy atom. The van der Waals surface area contributed by atoms with Crippen molar-refractivity contribution in [2.45, 2.75) is 6.54 Å². The Balaban J connectivity index is 1.43. The molecule has 1 N–H and O–H groups in total. The van der Waals surface area contributed by atoms with Crippen molar-refractivity contribution >= 4 is 17.7 Å². The fourth-order valence-corrected chi connectivity index (χ4v) is 3.79. The van der Waals surface area contributed by atoms with Crippen LogP contribution in [0.4, 0.5) is 11.4 Å². The summed E-state index contributed by atoms with van der Waals surface area (Å²) in [6, 6.07) is 12.0. The van der Waals surface area contributed by atoms with E-state index in [4.69, 9.17) is 11.2 Å². The molecule has 0 aliphatic carbocycles. The standard InChI is InChI=1S/C26H24N6O/c1-3-20-7-8-26-22(11-20)15-27-18-32(26)29-24-12-21(23-16-28-30(2)17-23)13-25(14-24)33-19-31-9-5-4-6-10-31/h1,4-9,11-14,16-18,29H,10,15,19H2,2H3. The van der Waals surface area contributed by atoms with Crippen molar-refractivity contribution in [1.82, 2.24) is 14.7 Å². The monoisotopic (exact) mass is 436 g/mol. The zero-order valence-corrected chi connectivity index (χ0v) is 18.3. The number of nitrogens with one attached hydrogen (secondary N) is 1. The minimum Gasteiger partial charge on any atom is -0.473 e. The summed E-state index contributed by atoms with van der Waals surface area (Å²) in [6.07, 6.45) is 19.3. The SMILES string of the molecule is C#Cc1ccc2c(c1)CN=CN2Nc1cc(OCN2C=CC=CC2)cc(-c2cnn(C)c2)c1. The molecule has 2 aliphatic heterocycles. The van der Waals surface area contributed by atoms with Crippen molar-refractivity contribution in [2.24, 2.45) is 12.0 Å². The van der Waals surface area contributed by atoms with Crippen LogP contribution in [0.1, 0.15) is 11.1 Å². The number of hydrazine groups is 1. The predicted octanol–water partition coefficient (Wildman–Crippen LogP) is 4.17. The first-order valence-electron chi connectivity index (χ1n) is 10.7. The van der Waals surface area contributed by atoms with Crippen molar-refractivity contribution in [2.75, 3.05) is 23.7 Å². The molecule has 0 fully saturated rings. The van der Waals surface area contributed by atoms with Gasteiger partial charge < -0.3 is 9.64 Å². The summed E-state index contributed by atoms with van der Waals surface area (Å²) < 4.78 is 7.93. The molecule has 3 heterocycles. The summed E-state index contributed by atoms with van der Waals surface area (Å²) in [7, 11) is 1.91. The zero-order valence-electron chi connectivity index (χ0n) is 18.3. The van der Waals surface area contributed by atoms with Gasteiger partial charge in [0.15, 0.2) is 6.73 Å². The lowest BCUT2D eigenvalue weighted by Crippen LogP contribution is -2.31. The van der Waals surface area contributed by atoms with Crippen molar-refractivity contribution in [3.8, 4) is 29.2 Å². The summed E-state index contributed by atoms with van der Waals surface area (Å²) in [4.78, 5) is 6.58. The first kappa shape index (κ1) is 20.5. The largest absolute Gasteiger partial charge is 0.473 e. The lowest BCUT2D eigenvalue weighted by atomic mass is 10.1. The van der Waals surface area contributed by atoms with Crippen LogP contribution in [0, 0.1) is 12.3 Å². The molecule has 33 heavy (non-hydrogen) atoms. The number of aryl methyl sites for hydroxylation is 1. The van der Waals surface area contributed by atoms with Gasteiger partial charge in [0.25, 0.3) is 0 Å². The van der Waals surface area contributed by atoms with Crippen molar-refractivity contribution < 1.29 is 4.74 Å². The molecule has 0 amide bonds. The van der Waals surface area contributed by atoms with Crippen molar-refractivity contribution in [3.05, 3.63) is 84.3 Å². The van der Waals surface area contributed by atoms with E-state index in [1.54, 1.807) is 11.0 Å². The minimum atomic E-state index is 0.458. The summed E-state index contributed by atoms with van der Waals surface area (Å²) in [5.74, 6) is 3.45. The van der Waals surface area contributed by atoms with Gasteiger partial charge in [0, 0.05) is 48.7 Å². The van der Waals surface area contributed by atoms with Gasteiger partial charge in [-0.2, -0.15) is 5.10 Å². The number of nitrogens with zero attached hydrogens (tertiary/aromatic N) is 5. The van der Waals surface area contributed by atoms with Gasteiger partial charge in [-0.15, -0.1) is 6.42 Å². The van der Waals surface area contributed by atoms with E-state index in [-0.39, 0.29) is 0 Å². The topological polar surface area (TPSA) is 57.9 Å². The number of aliphatic imine (C=N–C) groups is 1. The van der Waals surface area contributed by atoms with E-state index in [1.165, 1.54) is 0 Å². The Morgan fingerprint density at radius 3 is 2.88 bits per heavy atom. The van der Waals surface area contributed by atoms with Crippen molar-refractivity contribution in [3.63, 3.8) is 0 Å². The fraction of sp³-hybridized carbons (Fsp3) is 0.154. The molecule has 0 saturated heterocycles. The van der Waals surface area contributed by atoms with Gasteiger partial charge in [0.05, 0.1) is 24.1 Å². The Kier molecular flexibility index (Phi) is 5.56. The van der Waals surface area contributed by atoms with Crippen LogP contribution in [-0.4, -0.2) is 34.3 Å². The number of hydrogen-bond acceptors (Lipinski definition) is 6. The molecule has 0 radical (unpaired) electrons. The maximum Gasteiger partial charge on any atom is 0.161 e. The highest BCUT2D eigenvalue weighted by Gasteiger charge is 2.16. The fourth-order valence-electron chi connectivity index (χ4n) is 3.79. The van der Waals surface area contributed by atoms with E-state index in [9.17, 15) is 0 Å². The number of fused-ring (bicyclic) bond motifs is 1. The van der Waals surface area contributed by atoms with Gasteiger partial charge in [-0.1, -0.05) is 18.1 Å². The lowest BCUT2D eigenvalue weighted by molar-refractivity contribution is 0.183. The zero-order chi connectivity index (χ0) is 22.6. The highest BCUT2D eigenvalue weighted by atomic mass is 16.5. The second-order valence-electron chi connectivity index (χ2n) is 7.89. The summed E-state index contributed by atoms with van der Waals surface area (Å²) >= 11 is 0. The number of aromatic nitrogens is 2. The van der Waals surface area contributed by atoms with E-state index in [0.717, 1.165) is 45.9 Å². The van der Waals surface area contributed by atoms with Crippen LogP contribution in [0.15, 0.2) is 78.2 Å². The molecule has 3 aromatic rings. The molecular weight excluding hydrogens is 412 g/mol. The molecule has 0 unspecified atom stereocenters. The molecule has 0 bridgehead atoms. The van der Waals surface area contributed by atoms with E-state index < -0.39 is 0 Å². The first-order chi connectivity index (χ1) is 16.2. The van der Waals surface area contributed by atoms with Crippen LogP contribution in [0.3, 0.4) is 0 Å². The molecule has 7 heteroatoms. The van der Waals surface area contributed by atoms with Gasteiger partial charge in [0.1, 0.15) is 12.1 Å². The molecule has 7 nitrogen and oxygen atoms in total. The van der Waals surface area contributed by atoms with Crippen LogP contribution < -0.4 is 15.2 Å². The minimum absolute atomic E-state index is 0.458. The highest BCUT2D eigenvalue weighted by molar-refractivity contribution is 5.86. The Morgan fingerprint density at radius 1 is 1.15 bits per heavy atom. The summed E-state index contributed by atoms with van der Waals surface area (Å²) in [5, 5.41) is 6.22. The van der Waals surface area contributed by atoms with E-state index >= 15 is 0 Å². The second kappa shape index (κ2) is 8.97. The molecule has 0 saturated carbocycles. The molecular formula is C26H24N6O. The maximum atomic E-state index is 6.14. The molecule has 0 atom stereocenters. The van der Waals surface area contributed by atoms with Crippen LogP contribution in [0.5, 0.6) is 5.75 Å². The van der Waals surface area contributed by atoms with Gasteiger partial charge in [-0.25, -0.2) is 5.01 Å². The van der Waals surface area contributed by atoms with Gasteiger partial charge in [-0.3, -0.25) is 15.1 Å². The average Bonchev–Trinajstić information content (AvgIpc) is 3.29. The third-order valence-corrected chi connectivity index (χ3v) is 5.44. The smallest absolute Gasteiger partial charge is 0.161 e. The van der Waals surface area contributed by atoms with Crippen LogP contribution in [0.25, 0.3) is 11.1 Å².